The Balaban J connectivity index is 1.22. The highest BCUT2D eigenvalue weighted by Gasteiger charge is 2.21. The van der Waals surface area contributed by atoms with E-state index in [0.29, 0.717) is 17.5 Å². The Morgan fingerprint density at radius 1 is 0.360 bits per heavy atom. The van der Waals surface area contributed by atoms with E-state index in [-0.39, 0.29) is 0 Å². The fourth-order valence-electron chi connectivity index (χ4n) is 7.04. The molecule has 0 aliphatic heterocycles. The van der Waals surface area contributed by atoms with E-state index in [1.165, 1.54) is 21.0 Å². The summed E-state index contributed by atoms with van der Waals surface area (Å²) in [6, 6.07) is 56.6. The second-order valence-corrected chi connectivity index (χ2v) is 13.4. The van der Waals surface area contributed by atoms with Crippen molar-refractivity contribution >= 4 is 53.4 Å². The Morgan fingerprint density at radius 2 is 0.860 bits per heavy atom. The Hall–Kier alpha value is -6.43. The third kappa shape index (κ3) is 4.63. The first-order valence-electron chi connectivity index (χ1n) is 16.6. The molecule has 3 heterocycles. The van der Waals surface area contributed by atoms with Crippen LogP contribution in [-0.4, -0.2) is 15.0 Å². The van der Waals surface area contributed by atoms with Gasteiger partial charge in [-0.05, 0) is 29.3 Å². The molecule has 0 aliphatic carbocycles. The molecular formula is C45H27N3OS. The first-order chi connectivity index (χ1) is 24.8. The lowest BCUT2D eigenvalue weighted by molar-refractivity contribution is 0.670. The molecule has 0 unspecified atom stereocenters. The SMILES string of the molecule is c1ccc(-c2nc(-c3ccccc3)nc(-c3cccc4c3sc3c(-c5ccc(-c6ccccc6)c6oc7ccccc7c56)cccc34)n2)cc1. The smallest absolute Gasteiger partial charge is 0.165 e. The molecule has 0 spiro atoms. The van der Waals surface area contributed by atoms with Gasteiger partial charge in [0.15, 0.2) is 17.5 Å². The van der Waals surface area contributed by atoms with Gasteiger partial charge in [-0.3, -0.25) is 0 Å². The van der Waals surface area contributed by atoms with Gasteiger partial charge in [-0.1, -0.05) is 146 Å². The molecule has 0 aliphatic rings. The lowest BCUT2D eigenvalue weighted by atomic mass is 9.94. The van der Waals surface area contributed by atoms with Gasteiger partial charge in [0.25, 0.3) is 0 Å². The van der Waals surface area contributed by atoms with E-state index >= 15 is 0 Å². The summed E-state index contributed by atoms with van der Waals surface area (Å²) in [6.45, 7) is 0. The summed E-state index contributed by atoms with van der Waals surface area (Å²) in [5.41, 5.74) is 9.24. The molecule has 5 heteroatoms. The van der Waals surface area contributed by atoms with E-state index in [1.807, 2.05) is 72.8 Å². The Kier molecular flexibility index (Phi) is 6.64. The minimum Gasteiger partial charge on any atom is -0.455 e. The molecule has 0 atom stereocenters. The van der Waals surface area contributed by atoms with Crippen LogP contribution in [-0.2, 0) is 0 Å². The summed E-state index contributed by atoms with van der Waals surface area (Å²) in [6.07, 6.45) is 0. The van der Waals surface area contributed by atoms with Crippen molar-refractivity contribution in [3.8, 4) is 56.4 Å². The average molecular weight is 658 g/mol. The molecule has 3 aromatic heterocycles. The summed E-state index contributed by atoms with van der Waals surface area (Å²) in [5, 5.41) is 4.63. The van der Waals surface area contributed by atoms with Gasteiger partial charge in [-0.2, -0.15) is 0 Å². The molecule has 0 radical (unpaired) electrons. The largest absolute Gasteiger partial charge is 0.455 e. The van der Waals surface area contributed by atoms with Crippen molar-refractivity contribution in [1.29, 1.82) is 0 Å². The van der Waals surface area contributed by atoms with Gasteiger partial charge in [-0.25, -0.2) is 15.0 Å². The standard InChI is InChI=1S/C45H27N3OS/c1-4-14-28(15-5-1)31-26-27-32(39-36-20-10-11-25-38(36)49-40(31)39)33-21-12-22-34-35-23-13-24-37(42(35)50-41(33)34)45-47-43(29-16-6-2-7-17-29)46-44(48-45)30-18-8-3-9-19-30/h1-27H. The number of hydrogen-bond acceptors (Lipinski definition) is 5. The number of thiophene rings is 1. The molecule has 0 amide bonds. The van der Waals surface area contributed by atoms with Crippen LogP contribution in [0.15, 0.2) is 168 Å². The number of rotatable bonds is 5. The number of para-hydroxylation sites is 1. The lowest BCUT2D eigenvalue weighted by Crippen LogP contribution is -2.00. The van der Waals surface area contributed by atoms with Crippen LogP contribution in [0.2, 0.25) is 0 Å². The summed E-state index contributed by atoms with van der Waals surface area (Å²) < 4.78 is 8.99. The fraction of sp³-hybridized carbons (Fsp3) is 0. The normalized spacial score (nSPS) is 11.6. The van der Waals surface area contributed by atoms with Gasteiger partial charge in [0.05, 0.1) is 0 Å². The summed E-state index contributed by atoms with van der Waals surface area (Å²) in [5.74, 6) is 1.97. The summed E-state index contributed by atoms with van der Waals surface area (Å²) in [4.78, 5) is 15.1. The van der Waals surface area contributed by atoms with E-state index < -0.39 is 0 Å². The zero-order chi connectivity index (χ0) is 33.0. The third-order valence-electron chi connectivity index (χ3n) is 9.37. The molecular weight excluding hydrogens is 631 g/mol. The molecule has 10 aromatic rings. The molecule has 0 bridgehead atoms. The number of benzene rings is 7. The van der Waals surface area contributed by atoms with Crippen LogP contribution in [0.3, 0.4) is 0 Å². The summed E-state index contributed by atoms with van der Waals surface area (Å²) in [7, 11) is 0. The predicted octanol–water partition coefficient (Wildman–Crippen LogP) is 12.5. The van der Waals surface area contributed by atoms with Crippen LogP contribution >= 0.6 is 11.3 Å². The molecule has 50 heavy (non-hydrogen) atoms. The Labute approximate surface area is 292 Å². The number of hydrogen-bond donors (Lipinski definition) is 0. The second-order valence-electron chi connectivity index (χ2n) is 12.3. The lowest BCUT2D eigenvalue weighted by Gasteiger charge is -2.09. The van der Waals surface area contributed by atoms with Crippen molar-refractivity contribution in [2.45, 2.75) is 0 Å². The van der Waals surface area contributed by atoms with Gasteiger partial charge >= 0.3 is 0 Å². The predicted molar refractivity (Wildman–Crippen MR) is 207 cm³/mol. The number of furan rings is 1. The maximum Gasteiger partial charge on any atom is 0.165 e. The molecule has 4 nitrogen and oxygen atoms in total. The van der Waals surface area contributed by atoms with Crippen LogP contribution in [0.5, 0.6) is 0 Å². The average Bonchev–Trinajstić information content (AvgIpc) is 3.78. The van der Waals surface area contributed by atoms with E-state index in [4.69, 9.17) is 19.4 Å². The molecule has 0 saturated heterocycles. The van der Waals surface area contributed by atoms with Crippen LogP contribution in [0.25, 0.3) is 98.5 Å². The van der Waals surface area contributed by atoms with E-state index in [9.17, 15) is 0 Å². The monoisotopic (exact) mass is 657 g/mol. The Bertz CT molecular complexity index is 2800. The van der Waals surface area contributed by atoms with Gasteiger partial charge in [-0.15, -0.1) is 11.3 Å². The second kappa shape index (κ2) is 11.6. The van der Waals surface area contributed by atoms with E-state index in [2.05, 4.69) is 91.0 Å². The number of fused-ring (bicyclic) bond motifs is 6. The number of nitrogens with zero attached hydrogens (tertiary/aromatic N) is 3. The Morgan fingerprint density at radius 3 is 1.52 bits per heavy atom. The first-order valence-corrected chi connectivity index (χ1v) is 17.4. The highest BCUT2D eigenvalue weighted by molar-refractivity contribution is 7.26. The molecule has 0 fully saturated rings. The minimum absolute atomic E-state index is 0.654. The van der Waals surface area contributed by atoms with Gasteiger partial charge in [0.1, 0.15) is 11.2 Å². The molecule has 0 saturated carbocycles. The van der Waals surface area contributed by atoms with Crippen molar-refractivity contribution in [2.24, 2.45) is 0 Å². The zero-order valence-electron chi connectivity index (χ0n) is 26.7. The molecule has 7 aromatic carbocycles. The quantitative estimate of drug-likeness (QED) is 0.185. The molecule has 10 rings (SSSR count). The topological polar surface area (TPSA) is 51.8 Å². The van der Waals surface area contributed by atoms with Gasteiger partial charge in [0, 0.05) is 58.8 Å². The van der Waals surface area contributed by atoms with Gasteiger partial charge in [0.2, 0.25) is 0 Å². The minimum atomic E-state index is 0.654. The third-order valence-corrected chi connectivity index (χ3v) is 10.7. The molecule has 234 valence electrons. The van der Waals surface area contributed by atoms with Crippen LogP contribution in [0.1, 0.15) is 0 Å². The maximum absolute atomic E-state index is 6.62. The van der Waals surface area contributed by atoms with Crippen molar-refractivity contribution in [1.82, 2.24) is 15.0 Å². The highest BCUT2D eigenvalue weighted by Crippen LogP contribution is 2.47. The van der Waals surface area contributed by atoms with Crippen molar-refractivity contribution in [3.05, 3.63) is 164 Å². The first kappa shape index (κ1) is 28.6. The zero-order valence-corrected chi connectivity index (χ0v) is 27.6. The van der Waals surface area contributed by atoms with E-state index in [0.717, 1.165) is 60.0 Å². The van der Waals surface area contributed by atoms with E-state index in [1.54, 1.807) is 11.3 Å². The highest BCUT2D eigenvalue weighted by atomic mass is 32.1. The molecule has 0 N–H and O–H groups in total. The van der Waals surface area contributed by atoms with Crippen molar-refractivity contribution < 1.29 is 4.42 Å². The fourth-order valence-corrected chi connectivity index (χ4v) is 8.37. The summed E-state index contributed by atoms with van der Waals surface area (Å²) >= 11 is 1.79. The van der Waals surface area contributed by atoms with Crippen LogP contribution in [0, 0.1) is 0 Å². The van der Waals surface area contributed by atoms with Gasteiger partial charge < -0.3 is 4.42 Å². The van der Waals surface area contributed by atoms with Crippen molar-refractivity contribution in [2.75, 3.05) is 0 Å². The maximum atomic E-state index is 6.62. The van der Waals surface area contributed by atoms with Crippen LogP contribution < -0.4 is 0 Å². The van der Waals surface area contributed by atoms with Crippen molar-refractivity contribution in [3.63, 3.8) is 0 Å². The van der Waals surface area contributed by atoms with Crippen LogP contribution in [0.4, 0.5) is 0 Å². The number of aromatic nitrogens is 3.